The fourth-order valence-electron chi connectivity index (χ4n) is 1.89. The van der Waals surface area contributed by atoms with Gasteiger partial charge < -0.3 is 15.4 Å². The zero-order valence-electron chi connectivity index (χ0n) is 11.7. The predicted molar refractivity (Wildman–Crippen MR) is 81.2 cm³/mol. The molecule has 0 amide bonds. The minimum atomic E-state index is -0.456. The summed E-state index contributed by atoms with van der Waals surface area (Å²) in [6.07, 6.45) is 0. The molecule has 2 rings (SSSR count). The predicted octanol–water partition coefficient (Wildman–Crippen LogP) is 2.46. The number of aryl methyl sites for hydroxylation is 1. The maximum atomic E-state index is 11.8. The molecule has 5 nitrogen and oxygen atoms in total. The standard InChI is InChI=1S/C14H17N3O2S/c1-9-4-6-10(7-5-9)8-17(2)13-11(14(18)19-3)12(15)16-20-13/h4-7H,8H2,1-3H3,(H2,15,16). The van der Waals surface area contributed by atoms with Crippen molar-refractivity contribution in [2.75, 3.05) is 24.8 Å². The molecule has 0 atom stereocenters. The minimum Gasteiger partial charge on any atom is -0.465 e. The van der Waals surface area contributed by atoms with Crippen molar-refractivity contribution < 1.29 is 9.53 Å². The molecular formula is C14H17N3O2S. The van der Waals surface area contributed by atoms with Crippen LogP contribution in [0.4, 0.5) is 10.8 Å². The van der Waals surface area contributed by atoms with Crippen molar-refractivity contribution >= 4 is 28.3 Å². The van der Waals surface area contributed by atoms with Crippen molar-refractivity contribution in [3.05, 3.63) is 41.0 Å². The van der Waals surface area contributed by atoms with Crippen LogP contribution in [0.2, 0.25) is 0 Å². The first-order valence-corrected chi connectivity index (χ1v) is 6.90. The van der Waals surface area contributed by atoms with Gasteiger partial charge in [-0.15, -0.1) is 0 Å². The molecular weight excluding hydrogens is 274 g/mol. The summed E-state index contributed by atoms with van der Waals surface area (Å²) >= 11 is 1.20. The third-order valence-electron chi connectivity index (χ3n) is 2.98. The summed E-state index contributed by atoms with van der Waals surface area (Å²) in [6, 6.07) is 8.25. The molecule has 1 aromatic heterocycles. The molecule has 2 aromatic rings. The molecule has 0 fully saturated rings. The number of nitrogens with zero attached hydrogens (tertiary/aromatic N) is 2. The highest BCUT2D eigenvalue weighted by Crippen LogP contribution is 2.31. The third kappa shape index (κ3) is 2.91. The average molecular weight is 291 g/mol. The summed E-state index contributed by atoms with van der Waals surface area (Å²) in [5, 5.41) is 0.718. The summed E-state index contributed by atoms with van der Waals surface area (Å²) in [6.45, 7) is 2.72. The van der Waals surface area contributed by atoms with Crippen LogP contribution in [0, 0.1) is 6.92 Å². The average Bonchev–Trinajstić information content (AvgIpc) is 2.82. The molecule has 0 radical (unpaired) electrons. The van der Waals surface area contributed by atoms with Crippen LogP contribution in [0.15, 0.2) is 24.3 Å². The van der Waals surface area contributed by atoms with Gasteiger partial charge in [0.05, 0.1) is 7.11 Å². The second-order valence-electron chi connectivity index (χ2n) is 4.58. The van der Waals surface area contributed by atoms with Crippen molar-refractivity contribution in [1.82, 2.24) is 4.37 Å². The highest BCUT2D eigenvalue weighted by atomic mass is 32.1. The van der Waals surface area contributed by atoms with E-state index in [1.165, 1.54) is 24.2 Å². The Balaban J connectivity index is 2.23. The zero-order valence-corrected chi connectivity index (χ0v) is 12.5. The van der Waals surface area contributed by atoms with Crippen LogP contribution in [0.25, 0.3) is 0 Å². The number of hydrogen-bond acceptors (Lipinski definition) is 6. The fraction of sp³-hybridized carbons (Fsp3) is 0.286. The molecule has 0 saturated heterocycles. The lowest BCUT2D eigenvalue weighted by atomic mass is 10.1. The summed E-state index contributed by atoms with van der Waals surface area (Å²) in [5.41, 5.74) is 8.45. The molecule has 0 aliphatic rings. The smallest absolute Gasteiger partial charge is 0.344 e. The van der Waals surface area contributed by atoms with Crippen molar-refractivity contribution in [1.29, 1.82) is 0 Å². The molecule has 106 valence electrons. The molecule has 2 N–H and O–H groups in total. The Bertz CT molecular complexity index is 607. The van der Waals surface area contributed by atoms with Crippen LogP contribution < -0.4 is 10.6 Å². The highest BCUT2D eigenvalue weighted by molar-refractivity contribution is 7.11. The number of nitrogen functional groups attached to an aromatic ring is 1. The molecule has 0 aliphatic carbocycles. The Morgan fingerprint density at radius 3 is 2.65 bits per heavy atom. The summed E-state index contributed by atoms with van der Waals surface area (Å²) < 4.78 is 8.79. The zero-order chi connectivity index (χ0) is 14.7. The fourth-order valence-corrected chi connectivity index (χ4v) is 2.65. The first-order valence-electron chi connectivity index (χ1n) is 6.13. The van der Waals surface area contributed by atoms with Gasteiger partial charge in [-0.2, -0.15) is 4.37 Å². The normalized spacial score (nSPS) is 10.3. The van der Waals surface area contributed by atoms with Crippen LogP contribution in [0.1, 0.15) is 21.5 Å². The lowest BCUT2D eigenvalue weighted by molar-refractivity contribution is 0.0603. The lowest BCUT2D eigenvalue weighted by Gasteiger charge is -2.18. The number of hydrogen-bond donors (Lipinski definition) is 1. The van der Waals surface area contributed by atoms with Gasteiger partial charge in [0.15, 0.2) is 5.82 Å². The first kappa shape index (κ1) is 14.3. The number of ether oxygens (including phenoxy) is 1. The van der Waals surface area contributed by atoms with Gasteiger partial charge in [0.2, 0.25) is 0 Å². The molecule has 0 bridgehead atoms. The van der Waals surface area contributed by atoms with Gasteiger partial charge in [-0.25, -0.2) is 4.79 Å². The Morgan fingerprint density at radius 1 is 1.40 bits per heavy atom. The Kier molecular flexibility index (Phi) is 4.24. The van der Waals surface area contributed by atoms with Gasteiger partial charge in [-0.05, 0) is 24.0 Å². The van der Waals surface area contributed by atoms with Crippen molar-refractivity contribution in [2.24, 2.45) is 0 Å². The van der Waals surface area contributed by atoms with Crippen LogP contribution in [-0.2, 0) is 11.3 Å². The van der Waals surface area contributed by atoms with Crippen molar-refractivity contribution in [3.63, 3.8) is 0 Å². The maximum Gasteiger partial charge on any atom is 0.344 e. The van der Waals surface area contributed by atoms with Gasteiger partial charge in [0.25, 0.3) is 0 Å². The largest absolute Gasteiger partial charge is 0.465 e. The van der Waals surface area contributed by atoms with E-state index in [4.69, 9.17) is 10.5 Å². The number of aromatic nitrogens is 1. The van der Waals surface area contributed by atoms with Crippen LogP contribution in [0.3, 0.4) is 0 Å². The van der Waals surface area contributed by atoms with E-state index < -0.39 is 5.97 Å². The van der Waals surface area contributed by atoms with E-state index in [9.17, 15) is 4.79 Å². The summed E-state index contributed by atoms with van der Waals surface area (Å²) in [4.78, 5) is 13.7. The number of carbonyl (C=O) groups is 1. The molecule has 1 heterocycles. The number of nitrogens with two attached hydrogens (primary N) is 1. The molecule has 1 aromatic carbocycles. The van der Waals surface area contributed by atoms with Gasteiger partial charge in [0, 0.05) is 13.6 Å². The van der Waals surface area contributed by atoms with Crippen molar-refractivity contribution in [2.45, 2.75) is 13.5 Å². The molecule has 0 unspecified atom stereocenters. The second-order valence-corrected chi connectivity index (χ2v) is 5.33. The Labute approximate surface area is 122 Å². The first-order chi connectivity index (χ1) is 9.52. The van der Waals surface area contributed by atoms with E-state index in [2.05, 4.69) is 28.6 Å². The Hall–Kier alpha value is -2.08. The quantitative estimate of drug-likeness (QED) is 0.876. The number of esters is 1. The van der Waals surface area contributed by atoms with E-state index >= 15 is 0 Å². The van der Waals surface area contributed by atoms with E-state index in [-0.39, 0.29) is 5.82 Å². The Morgan fingerprint density at radius 2 is 2.05 bits per heavy atom. The van der Waals surface area contributed by atoms with E-state index in [0.29, 0.717) is 12.1 Å². The van der Waals surface area contributed by atoms with Crippen LogP contribution >= 0.6 is 11.5 Å². The lowest BCUT2D eigenvalue weighted by Crippen LogP contribution is -2.18. The maximum absolute atomic E-state index is 11.8. The van der Waals surface area contributed by atoms with Gasteiger partial charge in [0.1, 0.15) is 10.6 Å². The van der Waals surface area contributed by atoms with E-state index in [1.807, 2.05) is 18.9 Å². The van der Waals surface area contributed by atoms with Crippen molar-refractivity contribution in [3.8, 4) is 0 Å². The molecule has 6 heteroatoms. The van der Waals surface area contributed by atoms with E-state index in [0.717, 1.165) is 10.6 Å². The number of methoxy groups -OCH3 is 1. The van der Waals surface area contributed by atoms with E-state index in [1.54, 1.807) is 0 Å². The number of carbonyl (C=O) groups excluding carboxylic acids is 1. The number of benzene rings is 1. The van der Waals surface area contributed by atoms with Crippen LogP contribution in [0.5, 0.6) is 0 Å². The molecule has 20 heavy (non-hydrogen) atoms. The molecule has 0 aliphatic heterocycles. The minimum absolute atomic E-state index is 0.215. The SMILES string of the molecule is COC(=O)c1c(N)nsc1N(C)Cc1ccc(C)cc1. The molecule has 0 saturated carbocycles. The number of rotatable bonds is 4. The van der Waals surface area contributed by atoms with Gasteiger partial charge in [-0.1, -0.05) is 29.8 Å². The third-order valence-corrected chi connectivity index (χ3v) is 3.95. The van der Waals surface area contributed by atoms with Gasteiger partial charge >= 0.3 is 5.97 Å². The van der Waals surface area contributed by atoms with Crippen LogP contribution in [-0.4, -0.2) is 24.5 Å². The summed E-state index contributed by atoms with van der Waals surface area (Å²) in [5.74, 6) is -0.241. The van der Waals surface area contributed by atoms with Gasteiger partial charge in [-0.3, -0.25) is 0 Å². The second kappa shape index (κ2) is 5.92. The number of anilines is 2. The highest BCUT2D eigenvalue weighted by Gasteiger charge is 2.22. The monoisotopic (exact) mass is 291 g/mol. The molecule has 0 spiro atoms. The topological polar surface area (TPSA) is 68.5 Å². The summed E-state index contributed by atoms with van der Waals surface area (Å²) in [7, 11) is 3.24.